The number of benzene rings is 3. The molecule has 13 heteroatoms. The minimum atomic E-state index is -0.964. The summed E-state index contributed by atoms with van der Waals surface area (Å²) in [5.74, 6) is -1.78. The van der Waals surface area contributed by atoms with Gasteiger partial charge >= 0.3 is 5.97 Å². The second-order valence-corrected chi connectivity index (χ2v) is 8.57. The number of hydrogen-bond acceptors (Lipinski definition) is 9. The molecule has 0 saturated heterocycles. The summed E-state index contributed by atoms with van der Waals surface area (Å²) in [6.45, 7) is 1.81. The molecule has 0 saturated carbocycles. The van der Waals surface area contributed by atoms with Crippen LogP contribution in [0.1, 0.15) is 33.2 Å². The van der Waals surface area contributed by atoms with Gasteiger partial charge in [-0.25, -0.2) is 14.8 Å². The first kappa shape index (κ1) is 25.9. The molecule has 5 aromatic rings. The summed E-state index contributed by atoms with van der Waals surface area (Å²) in [6, 6.07) is 18.9. The zero-order valence-electron chi connectivity index (χ0n) is 20.9. The van der Waals surface area contributed by atoms with E-state index in [1.165, 1.54) is 0 Å². The Morgan fingerprint density at radius 1 is 0.925 bits per heavy atom. The maximum absolute atomic E-state index is 13.5. The van der Waals surface area contributed by atoms with Crippen molar-refractivity contribution in [3.63, 3.8) is 0 Å². The van der Waals surface area contributed by atoms with Crippen molar-refractivity contribution in [1.82, 2.24) is 14.5 Å². The van der Waals surface area contributed by atoms with Crippen molar-refractivity contribution in [3.8, 4) is 0 Å². The van der Waals surface area contributed by atoms with E-state index >= 15 is 0 Å². The van der Waals surface area contributed by atoms with E-state index in [4.69, 9.17) is 9.72 Å². The Kier molecular flexibility index (Phi) is 6.85. The normalized spacial score (nSPS) is 10.9. The molecule has 0 aliphatic heterocycles. The predicted octanol–water partition coefficient (Wildman–Crippen LogP) is 4.88. The summed E-state index contributed by atoms with van der Waals surface area (Å²) in [5.41, 5.74) is 0.465. The standard InChI is InChI=1S/C27H20N6O7/c1-2-40-27(35)22-23-25(29-20-11-7-6-10-19(20)28-23)31(15-16-8-4-3-5-9-16)24(22)30-26(34)18-13-12-17(32(36)37)14-21(18)33(38)39/h3-14H,2,15H2,1H3,(H,30,34). The Hall–Kier alpha value is -5.72. The van der Waals surface area contributed by atoms with Gasteiger partial charge in [-0.2, -0.15) is 0 Å². The van der Waals surface area contributed by atoms with Gasteiger partial charge in [-0.05, 0) is 30.7 Å². The van der Waals surface area contributed by atoms with E-state index < -0.39 is 38.7 Å². The van der Waals surface area contributed by atoms with E-state index in [9.17, 15) is 29.8 Å². The number of carbonyl (C=O) groups excluding carboxylic acids is 2. The average molecular weight is 540 g/mol. The topological polar surface area (TPSA) is 172 Å². The van der Waals surface area contributed by atoms with Crippen molar-refractivity contribution in [2.45, 2.75) is 13.5 Å². The summed E-state index contributed by atoms with van der Waals surface area (Å²) in [4.78, 5) is 57.3. The molecule has 5 rings (SSSR count). The van der Waals surface area contributed by atoms with E-state index in [0.29, 0.717) is 17.1 Å². The minimum Gasteiger partial charge on any atom is -0.462 e. The molecule has 0 aliphatic carbocycles. The number of ether oxygens (including phenoxy) is 1. The number of nitrogens with zero attached hydrogens (tertiary/aromatic N) is 5. The lowest BCUT2D eigenvalue weighted by Gasteiger charge is -2.13. The Labute approximate surface area is 225 Å². The number of anilines is 1. The lowest BCUT2D eigenvalue weighted by atomic mass is 10.1. The van der Waals surface area contributed by atoms with Gasteiger partial charge in [0.05, 0.1) is 40.1 Å². The molecule has 2 heterocycles. The Bertz CT molecular complexity index is 1820. The third-order valence-electron chi connectivity index (χ3n) is 6.08. The number of hydrogen-bond donors (Lipinski definition) is 1. The number of non-ortho nitro benzene ring substituents is 1. The molecule has 0 aliphatic rings. The van der Waals surface area contributed by atoms with Gasteiger partial charge in [0.1, 0.15) is 22.5 Å². The maximum atomic E-state index is 13.5. The van der Waals surface area contributed by atoms with Crippen molar-refractivity contribution in [2.75, 3.05) is 11.9 Å². The summed E-state index contributed by atoms with van der Waals surface area (Å²) in [5, 5.41) is 25.5. The van der Waals surface area contributed by atoms with Gasteiger partial charge in [-0.3, -0.25) is 25.0 Å². The molecule has 0 spiro atoms. The van der Waals surface area contributed by atoms with Gasteiger partial charge in [-0.1, -0.05) is 42.5 Å². The molecule has 40 heavy (non-hydrogen) atoms. The molecule has 2 aromatic heterocycles. The number of fused-ring (bicyclic) bond motifs is 2. The zero-order valence-corrected chi connectivity index (χ0v) is 20.9. The highest BCUT2D eigenvalue weighted by Crippen LogP contribution is 2.33. The van der Waals surface area contributed by atoms with Crippen LogP contribution in [-0.2, 0) is 11.3 Å². The van der Waals surface area contributed by atoms with Crippen LogP contribution in [0.5, 0.6) is 0 Å². The van der Waals surface area contributed by atoms with Gasteiger partial charge in [0, 0.05) is 6.07 Å². The molecule has 1 amide bonds. The Morgan fingerprint density at radius 3 is 2.25 bits per heavy atom. The fourth-order valence-electron chi connectivity index (χ4n) is 4.30. The molecule has 0 atom stereocenters. The smallest absolute Gasteiger partial charge is 0.344 e. The first-order chi connectivity index (χ1) is 19.3. The molecule has 0 fully saturated rings. The van der Waals surface area contributed by atoms with Gasteiger partial charge < -0.3 is 14.6 Å². The first-order valence-electron chi connectivity index (χ1n) is 12.0. The Morgan fingerprint density at radius 2 is 1.60 bits per heavy atom. The molecule has 200 valence electrons. The van der Waals surface area contributed by atoms with Crippen molar-refractivity contribution in [2.24, 2.45) is 0 Å². The number of amides is 1. The van der Waals surface area contributed by atoms with Crippen LogP contribution in [0, 0.1) is 20.2 Å². The molecular weight excluding hydrogens is 520 g/mol. The number of aromatic nitrogens is 3. The number of nitro benzene ring substituents is 2. The number of rotatable bonds is 8. The van der Waals surface area contributed by atoms with Crippen LogP contribution in [0.2, 0.25) is 0 Å². The van der Waals surface area contributed by atoms with E-state index in [1.807, 2.05) is 30.3 Å². The molecule has 0 radical (unpaired) electrons. The van der Waals surface area contributed by atoms with Crippen LogP contribution in [0.25, 0.3) is 22.2 Å². The fourth-order valence-corrected chi connectivity index (χ4v) is 4.30. The van der Waals surface area contributed by atoms with Gasteiger partial charge in [0.2, 0.25) is 0 Å². The molecule has 13 nitrogen and oxygen atoms in total. The molecular formula is C27H20N6O7. The van der Waals surface area contributed by atoms with E-state index in [1.54, 1.807) is 35.8 Å². The van der Waals surface area contributed by atoms with Crippen LogP contribution < -0.4 is 5.32 Å². The summed E-state index contributed by atoms with van der Waals surface area (Å²) < 4.78 is 6.86. The van der Waals surface area contributed by atoms with Crippen LogP contribution in [-0.4, -0.2) is 42.9 Å². The van der Waals surface area contributed by atoms with Crippen LogP contribution in [0.3, 0.4) is 0 Å². The second kappa shape index (κ2) is 10.6. The zero-order chi connectivity index (χ0) is 28.4. The highest BCUT2D eigenvalue weighted by Gasteiger charge is 2.30. The number of nitro groups is 2. The fraction of sp³-hybridized carbons (Fsp3) is 0.111. The molecule has 0 bridgehead atoms. The van der Waals surface area contributed by atoms with Gasteiger partial charge in [0.25, 0.3) is 17.3 Å². The molecule has 0 unspecified atom stereocenters. The highest BCUT2D eigenvalue weighted by atomic mass is 16.6. The second-order valence-electron chi connectivity index (χ2n) is 8.57. The number of esters is 1. The van der Waals surface area contributed by atoms with E-state index in [0.717, 1.165) is 17.7 Å². The molecule has 3 aromatic carbocycles. The monoisotopic (exact) mass is 540 g/mol. The third-order valence-corrected chi connectivity index (χ3v) is 6.08. The van der Waals surface area contributed by atoms with E-state index in [2.05, 4.69) is 10.3 Å². The first-order valence-corrected chi connectivity index (χ1v) is 12.0. The SMILES string of the molecule is CCOC(=O)c1c(NC(=O)c2ccc([N+](=O)[O-])cc2[N+](=O)[O-])n(Cc2ccccc2)c2nc3ccccc3nc12. The number of carbonyl (C=O) groups is 2. The highest BCUT2D eigenvalue weighted by molar-refractivity contribution is 6.14. The molecule has 1 N–H and O–H groups in total. The van der Waals surface area contributed by atoms with Crippen molar-refractivity contribution in [1.29, 1.82) is 0 Å². The quantitative estimate of drug-likeness (QED) is 0.163. The third kappa shape index (κ3) is 4.78. The lowest BCUT2D eigenvalue weighted by molar-refractivity contribution is -0.394. The lowest BCUT2D eigenvalue weighted by Crippen LogP contribution is -2.19. The summed E-state index contributed by atoms with van der Waals surface area (Å²) >= 11 is 0. The van der Waals surface area contributed by atoms with Gasteiger partial charge in [0.15, 0.2) is 5.65 Å². The van der Waals surface area contributed by atoms with E-state index in [-0.39, 0.29) is 35.7 Å². The summed E-state index contributed by atoms with van der Waals surface area (Å²) in [6.07, 6.45) is 0. The largest absolute Gasteiger partial charge is 0.462 e. The average Bonchev–Trinajstić information content (AvgIpc) is 3.23. The van der Waals surface area contributed by atoms with Crippen molar-refractivity contribution >= 4 is 51.3 Å². The van der Waals surface area contributed by atoms with Crippen molar-refractivity contribution in [3.05, 3.63) is 110 Å². The predicted molar refractivity (Wildman–Crippen MR) is 144 cm³/mol. The van der Waals surface area contributed by atoms with Crippen LogP contribution >= 0.6 is 0 Å². The van der Waals surface area contributed by atoms with Crippen molar-refractivity contribution < 1.29 is 24.2 Å². The maximum Gasteiger partial charge on any atom is 0.344 e. The van der Waals surface area contributed by atoms with Crippen LogP contribution in [0.15, 0.2) is 72.8 Å². The summed E-state index contributed by atoms with van der Waals surface area (Å²) in [7, 11) is 0. The van der Waals surface area contributed by atoms with Gasteiger partial charge in [-0.15, -0.1) is 0 Å². The minimum absolute atomic E-state index is 0.0341. The number of para-hydroxylation sites is 2. The Balaban J connectivity index is 1.74. The number of nitrogens with one attached hydrogen (secondary N) is 1. The van der Waals surface area contributed by atoms with Crippen LogP contribution in [0.4, 0.5) is 17.2 Å².